The summed E-state index contributed by atoms with van der Waals surface area (Å²) in [6, 6.07) is 17.5. The van der Waals surface area contributed by atoms with Crippen LogP contribution in [0.5, 0.6) is 0 Å². The third kappa shape index (κ3) is 2.37. The number of nitrogen functional groups attached to an aromatic ring is 1. The molecule has 0 unspecified atom stereocenters. The molecule has 0 amide bonds. The first-order valence-electron chi connectivity index (χ1n) is 6.32. The van der Waals surface area contributed by atoms with E-state index in [4.69, 9.17) is 5.73 Å². The van der Waals surface area contributed by atoms with Crippen LogP contribution >= 0.6 is 0 Å². The summed E-state index contributed by atoms with van der Waals surface area (Å²) >= 11 is 0. The Morgan fingerprint density at radius 3 is 2.29 bits per heavy atom. The van der Waals surface area contributed by atoms with Crippen LogP contribution in [0, 0.1) is 0 Å². The molecular weight excluding hydrogens is 286 g/mol. The van der Waals surface area contributed by atoms with Crippen molar-refractivity contribution in [3.05, 3.63) is 60.7 Å². The zero-order valence-electron chi connectivity index (χ0n) is 11.0. The van der Waals surface area contributed by atoms with Crippen LogP contribution in [0.25, 0.3) is 21.9 Å². The minimum Gasteiger partial charge on any atom is -0.398 e. The first-order valence-corrected chi connectivity index (χ1v) is 7.76. The van der Waals surface area contributed by atoms with Crippen molar-refractivity contribution in [2.24, 2.45) is 0 Å². The van der Waals surface area contributed by atoms with Gasteiger partial charge in [0.25, 0.3) is 10.1 Å². The molecule has 0 atom stereocenters. The lowest BCUT2D eigenvalue weighted by Crippen LogP contribution is -2.02. The van der Waals surface area contributed by atoms with E-state index in [0.29, 0.717) is 16.8 Å². The second-order valence-corrected chi connectivity index (χ2v) is 6.11. The van der Waals surface area contributed by atoms with E-state index >= 15 is 0 Å². The van der Waals surface area contributed by atoms with Crippen molar-refractivity contribution < 1.29 is 13.0 Å². The van der Waals surface area contributed by atoms with Gasteiger partial charge in [0, 0.05) is 16.8 Å². The van der Waals surface area contributed by atoms with E-state index in [1.54, 1.807) is 24.3 Å². The summed E-state index contributed by atoms with van der Waals surface area (Å²) in [4.78, 5) is -0.145. The first-order chi connectivity index (χ1) is 9.98. The highest BCUT2D eigenvalue weighted by atomic mass is 32.2. The Hall–Kier alpha value is -2.37. The Labute approximate surface area is 122 Å². The van der Waals surface area contributed by atoms with Crippen molar-refractivity contribution in [1.82, 2.24) is 0 Å². The number of benzene rings is 3. The molecule has 0 fully saturated rings. The van der Waals surface area contributed by atoms with Crippen LogP contribution in [0.1, 0.15) is 0 Å². The van der Waals surface area contributed by atoms with E-state index in [1.807, 2.05) is 30.3 Å². The molecule has 0 aliphatic rings. The van der Waals surface area contributed by atoms with Crippen molar-refractivity contribution in [3.8, 4) is 11.1 Å². The van der Waals surface area contributed by atoms with E-state index in [9.17, 15) is 13.0 Å². The number of fused-ring (bicyclic) bond motifs is 1. The highest BCUT2D eigenvalue weighted by Gasteiger charge is 2.19. The van der Waals surface area contributed by atoms with Crippen LogP contribution in [0.3, 0.4) is 0 Å². The SMILES string of the molecule is Nc1ccc2ccccc2c1-c1ccccc1S(=O)(=O)O. The highest BCUT2D eigenvalue weighted by Crippen LogP contribution is 2.37. The van der Waals surface area contributed by atoms with E-state index < -0.39 is 10.1 Å². The lowest BCUT2D eigenvalue weighted by molar-refractivity contribution is 0.483. The number of hydrogen-bond donors (Lipinski definition) is 2. The van der Waals surface area contributed by atoms with Gasteiger partial charge in [-0.2, -0.15) is 8.42 Å². The smallest absolute Gasteiger partial charge is 0.295 e. The molecule has 0 saturated carbocycles. The summed E-state index contributed by atoms with van der Waals surface area (Å²) in [5.41, 5.74) is 7.53. The lowest BCUT2D eigenvalue weighted by Gasteiger charge is -2.13. The molecule has 5 heteroatoms. The summed E-state index contributed by atoms with van der Waals surface area (Å²) in [5, 5.41) is 1.79. The van der Waals surface area contributed by atoms with Gasteiger partial charge in [0.1, 0.15) is 4.90 Å². The fourth-order valence-corrected chi connectivity index (χ4v) is 3.19. The molecule has 0 aliphatic heterocycles. The summed E-state index contributed by atoms with van der Waals surface area (Å²) in [6.45, 7) is 0. The normalized spacial score (nSPS) is 11.7. The molecule has 0 radical (unpaired) electrons. The third-order valence-corrected chi connectivity index (χ3v) is 4.31. The molecule has 0 heterocycles. The molecular formula is C16H13NO3S. The third-order valence-electron chi connectivity index (χ3n) is 3.40. The van der Waals surface area contributed by atoms with Gasteiger partial charge in [-0.15, -0.1) is 0 Å². The molecule has 106 valence electrons. The van der Waals surface area contributed by atoms with Crippen LogP contribution in [-0.2, 0) is 10.1 Å². The number of nitrogens with two attached hydrogens (primary N) is 1. The average molecular weight is 299 g/mol. The Kier molecular flexibility index (Phi) is 3.16. The van der Waals surface area contributed by atoms with Crippen LogP contribution in [-0.4, -0.2) is 13.0 Å². The quantitative estimate of drug-likeness (QED) is 0.562. The Morgan fingerprint density at radius 1 is 0.857 bits per heavy atom. The van der Waals surface area contributed by atoms with Crippen molar-refractivity contribution in [2.75, 3.05) is 5.73 Å². The highest BCUT2D eigenvalue weighted by molar-refractivity contribution is 7.86. The van der Waals surface area contributed by atoms with Gasteiger partial charge in [-0.3, -0.25) is 4.55 Å². The molecule has 0 spiro atoms. The second-order valence-electron chi connectivity index (χ2n) is 4.72. The molecule has 21 heavy (non-hydrogen) atoms. The molecule has 0 bridgehead atoms. The molecule has 3 N–H and O–H groups in total. The van der Waals surface area contributed by atoms with Crippen LogP contribution < -0.4 is 5.73 Å². The number of hydrogen-bond acceptors (Lipinski definition) is 3. The summed E-state index contributed by atoms with van der Waals surface area (Å²) in [6.07, 6.45) is 0. The zero-order valence-corrected chi connectivity index (χ0v) is 11.8. The van der Waals surface area contributed by atoms with Gasteiger partial charge in [-0.25, -0.2) is 0 Å². The molecule has 3 aromatic carbocycles. The minimum absolute atomic E-state index is 0.145. The van der Waals surface area contributed by atoms with Gasteiger partial charge in [0.05, 0.1) is 0 Å². The second kappa shape index (κ2) is 4.87. The maximum Gasteiger partial charge on any atom is 0.295 e. The number of rotatable bonds is 2. The summed E-state index contributed by atoms with van der Waals surface area (Å²) in [5.74, 6) is 0. The largest absolute Gasteiger partial charge is 0.398 e. The van der Waals surface area contributed by atoms with Crippen molar-refractivity contribution in [2.45, 2.75) is 4.90 Å². The van der Waals surface area contributed by atoms with Crippen LogP contribution in [0.4, 0.5) is 5.69 Å². The monoisotopic (exact) mass is 299 g/mol. The predicted molar refractivity (Wildman–Crippen MR) is 83.6 cm³/mol. The van der Waals surface area contributed by atoms with Gasteiger partial charge in [-0.1, -0.05) is 48.5 Å². The lowest BCUT2D eigenvalue weighted by atomic mass is 9.96. The topological polar surface area (TPSA) is 80.4 Å². The summed E-state index contributed by atoms with van der Waals surface area (Å²) in [7, 11) is -4.32. The van der Waals surface area contributed by atoms with Gasteiger partial charge in [-0.05, 0) is 22.9 Å². The predicted octanol–water partition coefficient (Wildman–Crippen LogP) is 3.34. The minimum atomic E-state index is -4.32. The molecule has 4 nitrogen and oxygen atoms in total. The Balaban J connectivity index is 2.45. The van der Waals surface area contributed by atoms with Gasteiger partial charge in [0.15, 0.2) is 0 Å². The Morgan fingerprint density at radius 2 is 1.52 bits per heavy atom. The molecule has 0 aromatic heterocycles. The maximum atomic E-state index is 11.6. The van der Waals surface area contributed by atoms with Crippen LogP contribution in [0.2, 0.25) is 0 Å². The van der Waals surface area contributed by atoms with E-state index in [0.717, 1.165) is 10.8 Å². The maximum absolute atomic E-state index is 11.6. The zero-order chi connectivity index (χ0) is 15.0. The molecule has 3 aromatic rings. The Bertz CT molecular complexity index is 933. The van der Waals surface area contributed by atoms with Crippen molar-refractivity contribution >= 4 is 26.6 Å². The van der Waals surface area contributed by atoms with Crippen LogP contribution in [0.15, 0.2) is 65.6 Å². The van der Waals surface area contributed by atoms with E-state index in [1.165, 1.54) is 6.07 Å². The standard InChI is InChI=1S/C16H13NO3S/c17-14-10-9-11-5-1-2-6-12(11)16(14)13-7-3-4-8-15(13)21(18,19)20/h1-10H,17H2,(H,18,19,20). The molecule has 0 aliphatic carbocycles. The fraction of sp³-hybridized carbons (Fsp3) is 0. The first kappa shape index (κ1) is 13.6. The summed E-state index contributed by atoms with van der Waals surface area (Å²) < 4.78 is 32.6. The van der Waals surface area contributed by atoms with Gasteiger partial charge >= 0.3 is 0 Å². The molecule has 0 saturated heterocycles. The molecule has 3 rings (SSSR count). The van der Waals surface area contributed by atoms with E-state index in [-0.39, 0.29) is 4.90 Å². The fourth-order valence-electron chi connectivity index (χ4n) is 2.49. The number of anilines is 1. The van der Waals surface area contributed by atoms with Gasteiger partial charge in [0.2, 0.25) is 0 Å². The van der Waals surface area contributed by atoms with Gasteiger partial charge < -0.3 is 5.73 Å². The van der Waals surface area contributed by atoms with Crippen molar-refractivity contribution in [1.29, 1.82) is 0 Å². The average Bonchev–Trinajstić information content (AvgIpc) is 2.46. The van der Waals surface area contributed by atoms with Crippen molar-refractivity contribution in [3.63, 3.8) is 0 Å². The van der Waals surface area contributed by atoms with E-state index in [2.05, 4.69) is 0 Å².